The monoisotopic (exact) mass is 428 g/mol. The zero-order chi connectivity index (χ0) is 18.7. The van der Waals surface area contributed by atoms with Crippen LogP contribution in [0, 0.1) is 0 Å². The van der Waals surface area contributed by atoms with Crippen LogP contribution in [0.2, 0.25) is 0 Å². The van der Waals surface area contributed by atoms with Gasteiger partial charge >= 0.3 is 6.18 Å². The van der Waals surface area contributed by atoms with E-state index in [1.165, 1.54) is 0 Å². The predicted octanol–water partition coefficient (Wildman–Crippen LogP) is 5.15. The van der Waals surface area contributed by atoms with Gasteiger partial charge in [0.25, 0.3) is 0 Å². The molecule has 0 spiro atoms. The molecule has 1 heterocycles. The van der Waals surface area contributed by atoms with Gasteiger partial charge in [-0.2, -0.15) is 13.2 Å². The second kappa shape index (κ2) is 7.88. The minimum atomic E-state index is -4.38. The average molecular weight is 429 g/mol. The second-order valence-corrected chi connectivity index (χ2v) is 7.23. The van der Waals surface area contributed by atoms with Crippen LogP contribution < -0.4 is 9.64 Å². The summed E-state index contributed by atoms with van der Waals surface area (Å²) >= 11 is 3.14. The molecule has 0 aliphatic carbocycles. The Morgan fingerprint density at radius 1 is 1.08 bits per heavy atom. The average Bonchev–Trinajstić information content (AvgIpc) is 2.62. The van der Waals surface area contributed by atoms with Gasteiger partial charge in [-0.25, -0.2) is 0 Å². The molecular formula is C19H20BrF3N2O. The van der Waals surface area contributed by atoms with Gasteiger partial charge in [-0.15, -0.1) is 0 Å². The van der Waals surface area contributed by atoms with Crippen LogP contribution in [-0.2, 0) is 12.7 Å². The molecule has 0 unspecified atom stereocenters. The highest BCUT2D eigenvalue weighted by Gasteiger charge is 2.35. The Morgan fingerprint density at radius 3 is 2.46 bits per heavy atom. The van der Waals surface area contributed by atoms with Crippen LogP contribution in [0.4, 0.5) is 18.9 Å². The highest BCUT2D eigenvalue weighted by atomic mass is 79.9. The molecule has 0 bridgehead atoms. The van der Waals surface area contributed by atoms with Crippen LogP contribution in [0.15, 0.2) is 46.9 Å². The van der Waals surface area contributed by atoms with Crippen molar-refractivity contribution in [3.63, 3.8) is 0 Å². The molecule has 7 heteroatoms. The lowest BCUT2D eigenvalue weighted by Crippen LogP contribution is -2.45. The Morgan fingerprint density at radius 2 is 1.81 bits per heavy atom. The van der Waals surface area contributed by atoms with Crippen LogP contribution in [0.3, 0.4) is 0 Å². The van der Waals surface area contributed by atoms with Crippen LogP contribution in [0.25, 0.3) is 0 Å². The fraction of sp³-hybridized carbons (Fsp3) is 0.368. The fourth-order valence-corrected chi connectivity index (χ4v) is 3.56. The fourth-order valence-electron chi connectivity index (χ4n) is 3.19. The smallest absolute Gasteiger partial charge is 0.418 e. The number of benzene rings is 2. The molecule has 0 N–H and O–H groups in total. The van der Waals surface area contributed by atoms with Gasteiger partial charge in [-0.05, 0) is 42.3 Å². The van der Waals surface area contributed by atoms with Crippen LogP contribution in [0.1, 0.15) is 17.5 Å². The lowest BCUT2D eigenvalue weighted by atomic mass is 10.1. The van der Waals surface area contributed by atoms with Crippen molar-refractivity contribution in [2.24, 2.45) is 0 Å². The third-order valence-corrected chi connectivity index (χ3v) is 4.94. The quantitative estimate of drug-likeness (QED) is 0.669. The topological polar surface area (TPSA) is 15.7 Å². The van der Waals surface area contributed by atoms with E-state index >= 15 is 0 Å². The first kappa shape index (κ1) is 19.0. The summed E-state index contributed by atoms with van der Waals surface area (Å²) in [6, 6.07) is 12.1. The number of alkyl halides is 3. The Bertz CT molecular complexity index is 749. The molecule has 1 aliphatic heterocycles. The zero-order valence-electron chi connectivity index (χ0n) is 14.4. The lowest BCUT2D eigenvalue weighted by molar-refractivity contribution is -0.137. The summed E-state index contributed by atoms with van der Waals surface area (Å²) in [5.74, 6) is 0.790. The Balaban J connectivity index is 1.76. The zero-order valence-corrected chi connectivity index (χ0v) is 16.0. The van der Waals surface area contributed by atoms with Crippen molar-refractivity contribution < 1.29 is 17.9 Å². The number of hydrogen-bond donors (Lipinski definition) is 0. The van der Waals surface area contributed by atoms with Gasteiger partial charge in [-0.1, -0.05) is 28.1 Å². The summed E-state index contributed by atoms with van der Waals surface area (Å²) in [6.45, 7) is 2.64. The van der Waals surface area contributed by atoms with Crippen molar-refractivity contribution in [3.8, 4) is 5.75 Å². The van der Waals surface area contributed by atoms with Gasteiger partial charge in [0.05, 0.1) is 25.0 Å². The third-order valence-electron chi connectivity index (χ3n) is 4.44. The second-order valence-electron chi connectivity index (χ2n) is 6.32. The Hall–Kier alpha value is -1.73. The van der Waals surface area contributed by atoms with E-state index < -0.39 is 11.7 Å². The molecule has 140 valence electrons. The molecule has 1 fully saturated rings. The molecular weight excluding hydrogens is 409 g/mol. The molecule has 2 aromatic carbocycles. The van der Waals surface area contributed by atoms with E-state index in [2.05, 4.69) is 20.8 Å². The van der Waals surface area contributed by atoms with E-state index in [1.807, 2.05) is 29.2 Å². The number of anilines is 1. The number of methoxy groups -OCH3 is 1. The molecule has 3 nitrogen and oxygen atoms in total. The molecule has 26 heavy (non-hydrogen) atoms. The first-order valence-electron chi connectivity index (χ1n) is 8.34. The maximum atomic E-state index is 13.4. The van der Waals surface area contributed by atoms with Gasteiger partial charge in [0.1, 0.15) is 5.75 Å². The maximum Gasteiger partial charge on any atom is 0.418 e. The Labute approximate surface area is 159 Å². The van der Waals surface area contributed by atoms with Crippen molar-refractivity contribution in [3.05, 3.63) is 58.1 Å². The Kier molecular flexibility index (Phi) is 5.77. The molecule has 1 saturated heterocycles. The lowest BCUT2D eigenvalue weighted by Gasteiger charge is -2.38. The van der Waals surface area contributed by atoms with Crippen LogP contribution in [-0.4, -0.2) is 31.8 Å². The van der Waals surface area contributed by atoms with Crippen LogP contribution in [0.5, 0.6) is 5.75 Å². The SMILES string of the molecule is COc1ccc(CN2CCCN(c3ccc(Br)cc3C(F)(F)F)C2)cc1. The first-order valence-corrected chi connectivity index (χ1v) is 9.13. The molecule has 0 saturated carbocycles. The van der Waals surface area contributed by atoms with Crippen molar-refractivity contribution in [2.75, 3.05) is 31.8 Å². The minimum absolute atomic E-state index is 0.236. The van der Waals surface area contributed by atoms with Crippen molar-refractivity contribution >= 4 is 21.6 Å². The highest BCUT2D eigenvalue weighted by molar-refractivity contribution is 9.10. The summed E-state index contributed by atoms with van der Waals surface area (Å²) in [6.07, 6.45) is -3.55. The van der Waals surface area contributed by atoms with Gasteiger partial charge in [0.15, 0.2) is 0 Å². The third kappa shape index (κ3) is 4.51. The van der Waals surface area contributed by atoms with Crippen LogP contribution >= 0.6 is 15.9 Å². The normalized spacial score (nSPS) is 16.0. The number of nitrogens with zero attached hydrogens (tertiary/aromatic N) is 2. The van der Waals surface area contributed by atoms with Gasteiger partial charge < -0.3 is 9.64 Å². The summed E-state index contributed by atoms with van der Waals surface area (Å²) in [5, 5.41) is 0. The van der Waals surface area contributed by atoms with Crippen molar-refractivity contribution in [1.29, 1.82) is 0 Å². The molecule has 0 atom stereocenters. The maximum absolute atomic E-state index is 13.4. The first-order chi connectivity index (χ1) is 12.4. The number of rotatable bonds is 4. The largest absolute Gasteiger partial charge is 0.497 e. The minimum Gasteiger partial charge on any atom is -0.497 e. The summed E-state index contributed by atoms with van der Waals surface area (Å²) in [4.78, 5) is 3.97. The highest BCUT2D eigenvalue weighted by Crippen LogP contribution is 2.39. The van der Waals surface area contributed by atoms with E-state index in [4.69, 9.17) is 4.74 Å². The number of hydrogen-bond acceptors (Lipinski definition) is 3. The number of ether oxygens (including phenoxy) is 1. The molecule has 0 radical (unpaired) electrons. The van der Waals surface area contributed by atoms with E-state index in [1.54, 1.807) is 19.2 Å². The van der Waals surface area contributed by atoms with Gasteiger partial charge in [0, 0.05) is 24.1 Å². The molecule has 1 aliphatic rings. The van der Waals surface area contributed by atoms with E-state index in [-0.39, 0.29) is 5.69 Å². The summed E-state index contributed by atoms with van der Waals surface area (Å²) in [7, 11) is 1.62. The standard InChI is InChI=1S/C19H20BrF3N2O/c1-26-16-6-3-14(4-7-16)12-24-9-2-10-25(13-24)18-8-5-15(20)11-17(18)19(21,22)23/h3-8,11H,2,9-10,12-13H2,1H3. The molecule has 3 rings (SSSR count). The van der Waals surface area contributed by atoms with Crippen molar-refractivity contribution in [1.82, 2.24) is 4.90 Å². The number of halogens is 4. The van der Waals surface area contributed by atoms with Crippen molar-refractivity contribution in [2.45, 2.75) is 19.1 Å². The van der Waals surface area contributed by atoms with Gasteiger partial charge in [0.2, 0.25) is 0 Å². The van der Waals surface area contributed by atoms with E-state index in [9.17, 15) is 13.2 Å². The predicted molar refractivity (Wildman–Crippen MR) is 99.4 cm³/mol. The van der Waals surface area contributed by atoms with E-state index in [0.717, 1.165) is 30.3 Å². The van der Waals surface area contributed by atoms with E-state index in [0.29, 0.717) is 24.2 Å². The summed E-state index contributed by atoms with van der Waals surface area (Å²) < 4.78 is 45.9. The molecule has 0 amide bonds. The summed E-state index contributed by atoms with van der Waals surface area (Å²) in [5.41, 5.74) is 0.748. The molecule has 2 aromatic rings. The molecule has 0 aromatic heterocycles. The van der Waals surface area contributed by atoms with Gasteiger partial charge in [-0.3, -0.25) is 4.90 Å².